The topological polar surface area (TPSA) is 22.0 Å². The van der Waals surface area contributed by atoms with Crippen molar-refractivity contribution in [2.24, 2.45) is 0 Å². The number of hydrogen-bond acceptors (Lipinski definition) is 1. The van der Waals surface area contributed by atoms with Crippen molar-refractivity contribution in [3.05, 3.63) is 65.6 Å². The van der Waals surface area contributed by atoms with Crippen LogP contribution in [0.3, 0.4) is 0 Å². The van der Waals surface area contributed by atoms with Crippen LogP contribution in [-0.4, -0.2) is 10.9 Å². The third-order valence-electron chi connectivity index (χ3n) is 3.14. The van der Waals surface area contributed by atoms with Gasteiger partial charge in [0.25, 0.3) is 0 Å². The van der Waals surface area contributed by atoms with E-state index in [0.717, 1.165) is 12.1 Å². The first-order chi connectivity index (χ1) is 9.63. The Labute approximate surface area is 112 Å². The number of nitrogens with zero attached hydrogens (tertiary/aromatic N) is 1. The van der Waals surface area contributed by atoms with E-state index < -0.39 is 17.5 Å². The highest BCUT2D eigenvalue weighted by molar-refractivity contribution is 5.98. The molecule has 2 nitrogen and oxygen atoms in total. The molecule has 0 aliphatic heterocycles. The van der Waals surface area contributed by atoms with Gasteiger partial charge in [-0.25, -0.2) is 13.2 Å². The maximum Gasteiger partial charge on any atom is 0.196 e. The second kappa shape index (κ2) is 4.52. The van der Waals surface area contributed by atoms with Crippen molar-refractivity contribution < 1.29 is 18.0 Å². The molecule has 2 aromatic carbocycles. The second-order valence-corrected chi connectivity index (χ2v) is 4.28. The van der Waals surface area contributed by atoms with Gasteiger partial charge >= 0.3 is 0 Å². The number of fused-ring (bicyclic) bond motifs is 1. The van der Waals surface area contributed by atoms with E-state index in [0.29, 0.717) is 22.8 Å². The highest BCUT2D eigenvalue weighted by Gasteiger charge is 2.17. The summed E-state index contributed by atoms with van der Waals surface area (Å²) >= 11 is 0. The lowest BCUT2D eigenvalue weighted by molar-refractivity contribution is 0.112. The van der Waals surface area contributed by atoms with E-state index in [2.05, 4.69) is 0 Å². The summed E-state index contributed by atoms with van der Waals surface area (Å²) in [5.74, 6) is -4.07. The van der Waals surface area contributed by atoms with Gasteiger partial charge in [-0.05, 0) is 18.2 Å². The smallest absolute Gasteiger partial charge is 0.196 e. The van der Waals surface area contributed by atoms with Crippen LogP contribution in [0.4, 0.5) is 13.2 Å². The van der Waals surface area contributed by atoms with Crippen molar-refractivity contribution in [3.8, 4) is 5.69 Å². The number of carbonyl (C=O) groups is 1. The van der Waals surface area contributed by atoms with Crippen LogP contribution >= 0.6 is 0 Å². The first kappa shape index (κ1) is 12.5. The number of hydrogen-bond donors (Lipinski definition) is 0. The molecule has 3 rings (SSSR count). The summed E-state index contributed by atoms with van der Waals surface area (Å²) in [7, 11) is 0. The molecule has 1 aromatic heterocycles. The molecule has 0 radical (unpaired) electrons. The molecule has 0 spiro atoms. The molecule has 0 unspecified atom stereocenters. The van der Waals surface area contributed by atoms with E-state index in [4.69, 9.17) is 0 Å². The molecule has 20 heavy (non-hydrogen) atoms. The molecule has 0 saturated heterocycles. The van der Waals surface area contributed by atoms with E-state index in [1.807, 2.05) is 0 Å². The summed E-state index contributed by atoms with van der Waals surface area (Å²) in [6, 6.07) is 8.81. The van der Waals surface area contributed by atoms with Crippen LogP contribution < -0.4 is 0 Å². The van der Waals surface area contributed by atoms with Crippen LogP contribution in [0.2, 0.25) is 0 Å². The van der Waals surface area contributed by atoms with Crippen LogP contribution in [0, 0.1) is 17.5 Å². The molecule has 0 N–H and O–H groups in total. The molecule has 0 aliphatic carbocycles. The molecule has 100 valence electrons. The number of halogens is 3. The van der Waals surface area contributed by atoms with Crippen LogP contribution in [0.25, 0.3) is 16.6 Å². The fourth-order valence-electron chi connectivity index (χ4n) is 2.20. The van der Waals surface area contributed by atoms with Gasteiger partial charge in [0.1, 0.15) is 0 Å². The lowest BCUT2D eigenvalue weighted by Gasteiger charge is -2.07. The van der Waals surface area contributed by atoms with E-state index in [9.17, 15) is 18.0 Å². The average molecular weight is 275 g/mol. The quantitative estimate of drug-likeness (QED) is 0.514. The van der Waals surface area contributed by atoms with E-state index in [-0.39, 0.29) is 5.69 Å². The SMILES string of the molecule is O=Cc1cn(-c2ccc(F)c(F)c2F)c2ccccc12. The molecular weight excluding hydrogens is 267 g/mol. The summed E-state index contributed by atoms with van der Waals surface area (Å²) < 4.78 is 41.5. The highest BCUT2D eigenvalue weighted by atomic mass is 19.2. The Morgan fingerprint density at radius 2 is 1.70 bits per heavy atom. The Kier molecular flexibility index (Phi) is 2.82. The molecule has 1 heterocycles. The summed E-state index contributed by atoms with van der Waals surface area (Å²) in [6.07, 6.45) is 2.03. The van der Waals surface area contributed by atoms with Crippen LogP contribution in [0.1, 0.15) is 10.4 Å². The summed E-state index contributed by atoms with van der Waals surface area (Å²) in [5, 5.41) is 0.617. The maximum atomic E-state index is 13.9. The van der Waals surface area contributed by atoms with Gasteiger partial charge in [-0.2, -0.15) is 0 Å². The van der Waals surface area contributed by atoms with Gasteiger partial charge in [-0.3, -0.25) is 4.79 Å². The average Bonchev–Trinajstić information content (AvgIpc) is 2.84. The molecule has 0 atom stereocenters. The van der Waals surface area contributed by atoms with Gasteiger partial charge in [-0.15, -0.1) is 0 Å². The van der Waals surface area contributed by atoms with Gasteiger partial charge in [0.05, 0.1) is 11.2 Å². The van der Waals surface area contributed by atoms with Gasteiger partial charge in [0.15, 0.2) is 23.7 Å². The molecule has 0 bridgehead atoms. The zero-order chi connectivity index (χ0) is 14.3. The van der Waals surface area contributed by atoms with Gasteiger partial charge < -0.3 is 4.57 Å². The molecule has 5 heteroatoms. The van der Waals surface area contributed by atoms with Gasteiger partial charge in [0.2, 0.25) is 0 Å². The lowest BCUT2D eigenvalue weighted by atomic mass is 10.2. The van der Waals surface area contributed by atoms with Crippen LogP contribution in [0.5, 0.6) is 0 Å². The summed E-state index contributed by atoms with van der Waals surface area (Å²) in [5.41, 5.74) is 0.748. The van der Waals surface area contributed by atoms with Gasteiger partial charge in [0, 0.05) is 17.1 Å². The number of rotatable bonds is 2. The van der Waals surface area contributed by atoms with Crippen molar-refractivity contribution in [1.29, 1.82) is 0 Å². The van der Waals surface area contributed by atoms with E-state index in [1.54, 1.807) is 24.3 Å². The third-order valence-corrected chi connectivity index (χ3v) is 3.14. The molecule has 0 amide bonds. The molecule has 3 aromatic rings. The fraction of sp³-hybridized carbons (Fsp3) is 0. The monoisotopic (exact) mass is 275 g/mol. The standard InChI is InChI=1S/C15H8F3NO/c16-11-5-6-13(15(18)14(11)17)19-7-9(8-20)10-3-1-2-4-12(10)19/h1-8H. The van der Waals surface area contributed by atoms with E-state index in [1.165, 1.54) is 10.8 Å². The van der Waals surface area contributed by atoms with E-state index >= 15 is 0 Å². The maximum absolute atomic E-state index is 13.9. The zero-order valence-electron chi connectivity index (χ0n) is 10.1. The largest absolute Gasteiger partial charge is 0.313 e. The van der Waals surface area contributed by atoms with Crippen LogP contribution in [0.15, 0.2) is 42.6 Å². The first-order valence-electron chi connectivity index (χ1n) is 5.82. The molecular formula is C15H8F3NO. The Balaban J connectivity index is 2.36. The number of benzene rings is 2. The predicted octanol–water partition coefficient (Wildman–Crippen LogP) is 3.86. The predicted molar refractivity (Wildman–Crippen MR) is 68.5 cm³/mol. The second-order valence-electron chi connectivity index (χ2n) is 4.28. The van der Waals surface area contributed by atoms with Crippen molar-refractivity contribution >= 4 is 17.2 Å². The minimum absolute atomic E-state index is 0.145. The summed E-state index contributed by atoms with van der Waals surface area (Å²) in [6.45, 7) is 0. The number of aromatic nitrogens is 1. The number of carbonyl (C=O) groups excluding carboxylic acids is 1. The summed E-state index contributed by atoms with van der Waals surface area (Å²) in [4.78, 5) is 11.0. The van der Waals surface area contributed by atoms with Crippen molar-refractivity contribution in [3.63, 3.8) is 0 Å². The minimum atomic E-state index is -1.53. The zero-order valence-corrected chi connectivity index (χ0v) is 10.1. The molecule has 0 saturated carbocycles. The fourth-order valence-corrected chi connectivity index (χ4v) is 2.20. The first-order valence-corrected chi connectivity index (χ1v) is 5.82. The molecule has 0 fully saturated rings. The Morgan fingerprint density at radius 3 is 2.45 bits per heavy atom. The Morgan fingerprint density at radius 1 is 0.950 bits per heavy atom. The normalized spacial score (nSPS) is 10.9. The number of para-hydroxylation sites is 1. The third kappa shape index (κ3) is 1.71. The Hall–Kier alpha value is -2.56. The minimum Gasteiger partial charge on any atom is -0.313 e. The van der Waals surface area contributed by atoms with Crippen molar-refractivity contribution in [2.45, 2.75) is 0 Å². The molecule has 0 aliphatic rings. The number of aldehydes is 1. The van der Waals surface area contributed by atoms with Crippen LogP contribution in [-0.2, 0) is 0 Å². The Bertz CT molecular complexity index is 823. The van der Waals surface area contributed by atoms with Gasteiger partial charge in [-0.1, -0.05) is 18.2 Å². The van der Waals surface area contributed by atoms with Crippen molar-refractivity contribution in [2.75, 3.05) is 0 Å². The highest BCUT2D eigenvalue weighted by Crippen LogP contribution is 2.26. The lowest BCUT2D eigenvalue weighted by Crippen LogP contribution is -2.00. The van der Waals surface area contributed by atoms with Crippen molar-refractivity contribution in [1.82, 2.24) is 4.57 Å².